The van der Waals surface area contributed by atoms with E-state index >= 15 is 0 Å². The van der Waals surface area contributed by atoms with Crippen LogP contribution in [-0.2, 0) is 24.2 Å². The Morgan fingerprint density at radius 3 is 2.88 bits per heavy atom. The van der Waals surface area contributed by atoms with Crippen molar-refractivity contribution < 1.29 is 17.9 Å². The minimum absolute atomic E-state index is 0.127. The number of aromatic nitrogens is 2. The minimum atomic E-state index is -4.27. The van der Waals surface area contributed by atoms with Crippen LogP contribution in [0.1, 0.15) is 17.1 Å². The predicted octanol–water partition coefficient (Wildman–Crippen LogP) is 2.32. The Morgan fingerprint density at radius 2 is 2.19 bits per heavy atom. The number of fused-ring (bicyclic) bond motifs is 1. The number of H-pyrrole nitrogens is 1. The van der Waals surface area contributed by atoms with Gasteiger partial charge in [0, 0.05) is 17.7 Å². The van der Waals surface area contributed by atoms with Crippen LogP contribution in [0.2, 0.25) is 0 Å². The maximum atomic E-state index is 12.2. The van der Waals surface area contributed by atoms with Crippen LogP contribution in [0, 0.1) is 4.64 Å². The van der Waals surface area contributed by atoms with Gasteiger partial charge in [0.25, 0.3) is 0 Å². The molecule has 0 aliphatic carbocycles. The highest BCUT2D eigenvalue weighted by molar-refractivity contribution is 7.71. The number of ether oxygens (including phenoxy) is 1. The fourth-order valence-corrected chi connectivity index (χ4v) is 1.87. The second kappa shape index (κ2) is 4.14. The van der Waals surface area contributed by atoms with Crippen LogP contribution in [0.3, 0.4) is 0 Å². The Labute approximate surface area is 94.7 Å². The second-order valence-corrected chi connectivity index (χ2v) is 3.93. The summed E-state index contributed by atoms with van der Waals surface area (Å²) in [7, 11) is 0. The quantitative estimate of drug-likeness (QED) is 0.777. The van der Waals surface area contributed by atoms with Crippen LogP contribution in [0.25, 0.3) is 0 Å². The summed E-state index contributed by atoms with van der Waals surface area (Å²) in [5, 5.41) is 0. The van der Waals surface area contributed by atoms with Crippen LogP contribution >= 0.6 is 12.2 Å². The molecule has 1 aromatic rings. The molecule has 1 aliphatic heterocycles. The van der Waals surface area contributed by atoms with Crippen molar-refractivity contribution in [2.75, 3.05) is 6.61 Å². The Bertz CT molecular complexity index is 455. The molecule has 1 aromatic heterocycles. The van der Waals surface area contributed by atoms with E-state index in [4.69, 9.17) is 17.0 Å². The lowest BCUT2D eigenvalue weighted by Gasteiger charge is -2.17. The Hall–Kier alpha value is -0.950. The summed E-state index contributed by atoms with van der Waals surface area (Å²) in [6, 6.07) is 0. The van der Waals surface area contributed by atoms with Gasteiger partial charge in [-0.3, -0.25) is 0 Å². The topological polar surface area (TPSA) is 37.9 Å². The van der Waals surface area contributed by atoms with Crippen LogP contribution in [0.4, 0.5) is 13.2 Å². The second-order valence-electron chi connectivity index (χ2n) is 3.54. The van der Waals surface area contributed by atoms with Crippen LogP contribution in [-0.4, -0.2) is 22.8 Å². The van der Waals surface area contributed by atoms with Crippen molar-refractivity contribution in [3.05, 3.63) is 21.7 Å². The largest absolute Gasteiger partial charge is 0.396 e. The third-order valence-corrected chi connectivity index (χ3v) is 2.60. The molecule has 0 fully saturated rings. The molecule has 16 heavy (non-hydrogen) atoms. The van der Waals surface area contributed by atoms with Gasteiger partial charge in [0.15, 0.2) is 0 Å². The monoisotopic (exact) mass is 250 g/mol. The molecule has 0 amide bonds. The first-order valence-electron chi connectivity index (χ1n) is 4.71. The van der Waals surface area contributed by atoms with Gasteiger partial charge in [0.05, 0.1) is 13.2 Å². The zero-order valence-electron chi connectivity index (χ0n) is 8.23. The van der Waals surface area contributed by atoms with Crippen molar-refractivity contribution in [3.8, 4) is 0 Å². The third-order valence-electron chi connectivity index (χ3n) is 2.26. The molecule has 0 bridgehead atoms. The van der Waals surface area contributed by atoms with Gasteiger partial charge in [-0.25, -0.2) is 4.98 Å². The maximum absolute atomic E-state index is 12.2. The number of alkyl halides is 3. The summed E-state index contributed by atoms with van der Waals surface area (Å²) in [6.45, 7) is 0.817. The molecule has 2 heterocycles. The van der Waals surface area contributed by atoms with E-state index in [-0.39, 0.29) is 10.5 Å². The minimum Gasteiger partial charge on any atom is -0.376 e. The number of halogens is 3. The first-order chi connectivity index (χ1) is 7.46. The highest BCUT2D eigenvalue weighted by Crippen LogP contribution is 2.21. The molecule has 0 aromatic carbocycles. The van der Waals surface area contributed by atoms with Crippen molar-refractivity contribution in [2.24, 2.45) is 0 Å². The Kier molecular flexibility index (Phi) is 2.98. The number of hydrogen-bond acceptors (Lipinski definition) is 3. The summed E-state index contributed by atoms with van der Waals surface area (Å²) in [5.74, 6) is -0.127. The molecule has 0 spiro atoms. The number of aromatic amines is 1. The molecule has 3 nitrogen and oxygen atoms in total. The van der Waals surface area contributed by atoms with Gasteiger partial charge in [-0.15, -0.1) is 0 Å². The summed E-state index contributed by atoms with van der Waals surface area (Å²) in [6.07, 6.45) is -4.80. The normalized spacial score (nSPS) is 15.9. The molecular weight excluding hydrogens is 241 g/mol. The molecule has 1 N–H and O–H groups in total. The van der Waals surface area contributed by atoms with Gasteiger partial charge in [-0.05, 0) is 0 Å². The van der Waals surface area contributed by atoms with Crippen LogP contribution in [0.5, 0.6) is 0 Å². The van der Waals surface area contributed by atoms with Crippen molar-refractivity contribution in [1.82, 2.24) is 9.97 Å². The molecule has 2 rings (SSSR count). The van der Waals surface area contributed by atoms with Crippen molar-refractivity contribution in [1.29, 1.82) is 0 Å². The van der Waals surface area contributed by atoms with E-state index in [9.17, 15) is 13.2 Å². The zero-order valence-corrected chi connectivity index (χ0v) is 9.04. The van der Waals surface area contributed by atoms with E-state index in [1.54, 1.807) is 0 Å². The summed E-state index contributed by atoms with van der Waals surface area (Å²) in [5.41, 5.74) is 1.41. The SMILES string of the molecule is FC(F)(F)Cc1nc(=S)c2c([nH]1)CCOC2. The first-order valence-corrected chi connectivity index (χ1v) is 5.12. The summed E-state index contributed by atoms with van der Waals surface area (Å²) >= 11 is 4.94. The lowest BCUT2D eigenvalue weighted by Crippen LogP contribution is -2.19. The number of hydrogen-bond donors (Lipinski definition) is 1. The fourth-order valence-electron chi connectivity index (χ4n) is 1.58. The van der Waals surface area contributed by atoms with Crippen LogP contribution < -0.4 is 0 Å². The standard InChI is InChI=1S/C9H9F3N2OS/c10-9(11,12)3-7-13-6-1-2-15-4-5(6)8(16)14-7/h1-4H2,(H,13,14,16). The average molecular weight is 250 g/mol. The molecule has 1 aliphatic rings. The van der Waals surface area contributed by atoms with E-state index in [1.165, 1.54) is 0 Å². The van der Waals surface area contributed by atoms with Crippen molar-refractivity contribution >= 4 is 12.2 Å². The molecule has 0 radical (unpaired) electrons. The summed E-state index contributed by atoms with van der Waals surface area (Å²) in [4.78, 5) is 6.42. The lowest BCUT2D eigenvalue weighted by molar-refractivity contribution is -0.128. The van der Waals surface area contributed by atoms with Gasteiger partial charge in [0.1, 0.15) is 16.9 Å². The maximum Gasteiger partial charge on any atom is 0.396 e. The number of rotatable bonds is 1. The first kappa shape index (κ1) is 11.5. The van der Waals surface area contributed by atoms with Gasteiger partial charge >= 0.3 is 6.18 Å². The Balaban J connectivity index is 2.36. The molecular formula is C9H9F3N2OS. The molecule has 7 heteroatoms. The van der Waals surface area contributed by atoms with E-state index in [2.05, 4.69) is 9.97 Å². The zero-order chi connectivity index (χ0) is 11.8. The van der Waals surface area contributed by atoms with E-state index in [1.807, 2.05) is 0 Å². The third kappa shape index (κ3) is 2.59. The number of nitrogens with one attached hydrogen (secondary N) is 1. The average Bonchev–Trinajstić information content (AvgIpc) is 2.15. The van der Waals surface area contributed by atoms with Gasteiger partial charge < -0.3 is 9.72 Å². The molecule has 0 atom stereocenters. The van der Waals surface area contributed by atoms with E-state index < -0.39 is 12.6 Å². The van der Waals surface area contributed by atoms with Crippen molar-refractivity contribution in [2.45, 2.75) is 25.6 Å². The smallest absolute Gasteiger partial charge is 0.376 e. The highest BCUT2D eigenvalue weighted by Gasteiger charge is 2.29. The Morgan fingerprint density at radius 1 is 1.44 bits per heavy atom. The lowest BCUT2D eigenvalue weighted by atomic mass is 10.1. The van der Waals surface area contributed by atoms with Gasteiger partial charge in [0.2, 0.25) is 0 Å². The van der Waals surface area contributed by atoms with Gasteiger partial charge in [-0.2, -0.15) is 13.2 Å². The molecule has 0 unspecified atom stereocenters. The highest BCUT2D eigenvalue weighted by atomic mass is 32.1. The van der Waals surface area contributed by atoms with Crippen molar-refractivity contribution in [3.63, 3.8) is 0 Å². The summed E-state index contributed by atoms with van der Waals surface area (Å²) < 4.78 is 41.9. The fraction of sp³-hybridized carbons (Fsp3) is 0.556. The molecule has 88 valence electrons. The van der Waals surface area contributed by atoms with Crippen LogP contribution in [0.15, 0.2) is 0 Å². The number of nitrogens with zero attached hydrogens (tertiary/aromatic N) is 1. The molecule has 0 saturated carbocycles. The van der Waals surface area contributed by atoms with E-state index in [0.29, 0.717) is 30.9 Å². The predicted molar refractivity (Wildman–Crippen MR) is 52.5 cm³/mol. The molecule has 0 saturated heterocycles. The van der Waals surface area contributed by atoms with Gasteiger partial charge in [-0.1, -0.05) is 12.2 Å². The van der Waals surface area contributed by atoms with E-state index in [0.717, 1.165) is 0 Å².